The number of H-pyrrole nitrogens is 1. The zero-order chi connectivity index (χ0) is 22.8. The number of aliphatic imine (C=N–C) groups is 1. The van der Waals surface area contributed by atoms with Gasteiger partial charge in [0.25, 0.3) is 0 Å². The molecule has 7 heteroatoms. The van der Waals surface area contributed by atoms with Crippen LogP contribution in [0, 0.1) is 13.8 Å². The summed E-state index contributed by atoms with van der Waals surface area (Å²) in [7, 11) is 0. The van der Waals surface area contributed by atoms with Gasteiger partial charge in [0.1, 0.15) is 11.2 Å². The summed E-state index contributed by atoms with van der Waals surface area (Å²) in [4.78, 5) is 26.4. The highest BCUT2D eigenvalue weighted by atomic mass is 15.1. The Hall–Kier alpha value is -4.13. The summed E-state index contributed by atoms with van der Waals surface area (Å²) in [6.45, 7) is 6.91. The maximum Gasteiger partial charge on any atom is 0.157 e. The minimum atomic E-state index is 0.717. The monoisotopic (exact) mass is 435 g/mol. The molecule has 7 nitrogen and oxygen atoms in total. The van der Waals surface area contributed by atoms with Gasteiger partial charge in [-0.25, -0.2) is 9.97 Å². The molecule has 0 radical (unpaired) electrons. The SMILES string of the molecule is CCCN=C(c1nc2c(-n3cnc(C)c3)cncc2[nH]1)c1cc(-c2cccnc2)ccc1C. The highest BCUT2D eigenvalue weighted by Gasteiger charge is 2.17. The smallest absolute Gasteiger partial charge is 0.157 e. The van der Waals surface area contributed by atoms with Gasteiger partial charge in [-0.05, 0) is 43.5 Å². The van der Waals surface area contributed by atoms with Crippen LogP contribution in [0.2, 0.25) is 0 Å². The molecule has 4 aromatic heterocycles. The van der Waals surface area contributed by atoms with Gasteiger partial charge in [-0.15, -0.1) is 0 Å². The first kappa shape index (κ1) is 20.8. The van der Waals surface area contributed by atoms with E-state index in [1.165, 1.54) is 0 Å². The fourth-order valence-corrected chi connectivity index (χ4v) is 3.87. The van der Waals surface area contributed by atoms with Gasteiger partial charge in [0.2, 0.25) is 0 Å². The molecular weight excluding hydrogens is 410 g/mol. The van der Waals surface area contributed by atoms with Crippen LogP contribution in [-0.4, -0.2) is 41.7 Å². The van der Waals surface area contributed by atoms with E-state index in [4.69, 9.17) is 9.98 Å². The lowest BCUT2D eigenvalue weighted by Gasteiger charge is -2.11. The molecular formula is C26H25N7. The Balaban J connectivity index is 1.66. The summed E-state index contributed by atoms with van der Waals surface area (Å²) < 4.78 is 1.95. The van der Waals surface area contributed by atoms with Gasteiger partial charge in [-0.2, -0.15) is 0 Å². The number of nitrogens with one attached hydrogen (secondary N) is 1. The molecule has 0 saturated heterocycles. The number of fused-ring (bicyclic) bond motifs is 1. The molecule has 5 rings (SSSR count). The van der Waals surface area contributed by atoms with Gasteiger partial charge in [-0.3, -0.25) is 15.0 Å². The summed E-state index contributed by atoms with van der Waals surface area (Å²) in [6.07, 6.45) is 12.0. The van der Waals surface area contributed by atoms with Gasteiger partial charge in [0.05, 0.1) is 35.6 Å². The Labute approximate surface area is 192 Å². The maximum atomic E-state index is 4.98. The lowest BCUT2D eigenvalue weighted by Crippen LogP contribution is -2.09. The predicted molar refractivity (Wildman–Crippen MR) is 131 cm³/mol. The minimum Gasteiger partial charge on any atom is -0.335 e. The van der Waals surface area contributed by atoms with E-state index in [9.17, 15) is 0 Å². The second kappa shape index (κ2) is 8.78. The third-order valence-electron chi connectivity index (χ3n) is 5.57. The highest BCUT2D eigenvalue weighted by molar-refractivity contribution is 6.13. The largest absolute Gasteiger partial charge is 0.335 e. The first-order valence-corrected chi connectivity index (χ1v) is 11.0. The molecule has 5 aromatic rings. The van der Waals surface area contributed by atoms with E-state index in [0.29, 0.717) is 0 Å². The van der Waals surface area contributed by atoms with E-state index < -0.39 is 0 Å². The number of imidazole rings is 2. The highest BCUT2D eigenvalue weighted by Crippen LogP contribution is 2.25. The Morgan fingerprint density at radius 3 is 2.73 bits per heavy atom. The van der Waals surface area contributed by atoms with E-state index in [1.54, 1.807) is 18.7 Å². The molecule has 0 aliphatic carbocycles. The second-order valence-electron chi connectivity index (χ2n) is 8.06. The van der Waals surface area contributed by atoms with Gasteiger partial charge in [0.15, 0.2) is 5.82 Å². The Morgan fingerprint density at radius 2 is 1.97 bits per heavy atom. The fraction of sp³-hybridized carbons (Fsp3) is 0.192. The third-order valence-corrected chi connectivity index (χ3v) is 5.57. The number of rotatable bonds is 6. The standard InChI is InChI=1S/C26H25N7/c1-4-9-29-24(21-11-19(8-7-17(21)2)20-6-5-10-27-12-20)26-31-22-13-28-14-23(25(22)32-26)33-15-18(3)30-16-33/h5-8,10-16H,4,9H2,1-3H3,(H,31,32). The van der Waals surface area contributed by atoms with Crippen molar-refractivity contribution in [3.8, 4) is 16.8 Å². The van der Waals surface area contributed by atoms with Gasteiger partial charge in [0, 0.05) is 36.3 Å². The zero-order valence-corrected chi connectivity index (χ0v) is 18.9. The topological polar surface area (TPSA) is 84.6 Å². The summed E-state index contributed by atoms with van der Waals surface area (Å²) in [5, 5.41) is 0. The van der Waals surface area contributed by atoms with Gasteiger partial charge >= 0.3 is 0 Å². The second-order valence-corrected chi connectivity index (χ2v) is 8.06. The number of hydrogen-bond acceptors (Lipinski definition) is 5. The maximum absolute atomic E-state index is 4.98. The molecule has 33 heavy (non-hydrogen) atoms. The number of hydrogen-bond donors (Lipinski definition) is 1. The molecule has 0 aliphatic rings. The zero-order valence-electron chi connectivity index (χ0n) is 18.9. The average Bonchev–Trinajstić information content (AvgIpc) is 3.47. The van der Waals surface area contributed by atoms with E-state index in [2.05, 4.69) is 58.0 Å². The normalized spacial score (nSPS) is 11.9. The third kappa shape index (κ3) is 4.05. The average molecular weight is 436 g/mol. The Morgan fingerprint density at radius 1 is 1.06 bits per heavy atom. The van der Waals surface area contributed by atoms with Crippen LogP contribution in [0.5, 0.6) is 0 Å². The molecule has 0 unspecified atom stereocenters. The number of aryl methyl sites for hydroxylation is 2. The van der Waals surface area contributed by atoms with E-state index in [-0.39, 0.29) is 0 Å². The summed E-state index contributed by atoms with van der Waals surface area (Å²) in [5.41, 5.74) is 8.73. The van der Waals surface area contributed by atoms with Crippen LogP contribution in [0.3, 0.4) is 0 Å². The predicted octanol–water partition coefficient (Wildman–Crippen LogP) is 5.07. The molecule has 1 aromatic carbocycles. The van der Waals surface area contributed by atoms with Crippen LogP contribution in [-0.2, 0) is 0 Å². The van der Waals surface area contributed by atoms with Crippen molar-refractivity contribution in [1.29, 1.82) is 0 Å². The van der Waals surface area contributed by atoms with Crippen molar-refractivity contribution in [2.24, 2.45) is 4.99 Å². The molecule has 0 saturated carbocycles. The number of nitrogens with zero attached hydrogens (tertiary/aromatic N) is 6. The first-order valence-electron chi connectivity index (χ1n) is 11.0. The van der Waals surface area contributed by atoms with Crippen molar-refractivity contribution in [2.45, 2.75) is 27.2 Å². The number of aromatic nitrogens is 6. The number of pyridine rings is 2. The van der Waals surface area contributed by atoms with Crippen LogP contribution < -0.4 is 0 Å². The van der Waals surface area contributed by atoms with E-state index in [1.807, 2.05) is 36.1 Å². The summed E-state index contributed by atoms with van der Waals surface area (Å²) in [5.74, 6) is 0.732. The number of benzene rings is 1. The molecule has 0 atom stereocenters. The van der Waals surface area contributed by atoms with Gasteiger partial charge in [-0.1, -0.05) is 25.1 Å². The van der Waals surface area contributed by atoms with Crippen LogP contribution >= 0.6 is 0 Å². The van der Waals surface area contributed by atoms with Crippen LogP contribution in [0.1, 0.15) is 36.0 Å². The minimum absolute atomic E-state index is 0.717. The van der Waals surface area contributed by atoms with Crippen molar-refractivity contribution < 1.29 is 0 Å². The van der Waals surface area contributed by atoms with Gasteiger partial charge < -0.3 is 9.55 Å². The Kier molecular flexibility index (Phi) is 5.52. The molecule has 1 N–H and O–H groups in total. The van der Waals surface area contributed by atoms with E-state index in [0.717, 1.165) is 69.2 Å². The molecule has 4 heterocycles. The van der Waals surface area contributed by atoms with Crippen LogP contribution in [0.25, 0.3) is 27.8 Å². The fourth-order valence-electron chi connectivity index (χ4n) is 3.87. The molecule has 0 bridgehead atoms. The molecule has 0 aliphatic heterocycles. The quantitative estimate of drug-likeness (QED) is 0.377. The first-order chi connectivity index (χ1) is 16.1. The van der Waals surface area contributed by atoms with Crippen molar-refractivity contribution >= 4 is 16.7 Å². The summed E-state index contributed by atoms with van der Waals surface area (Å²) >= 11 is 0. The van der Waals surface area contributed by atoms with E-state index >= 15 is 0 Å². The molecule has 164 valence electrons. The Bertz CT molecular complexity index is 1440. The van der Waals surface area contributed by atoms with Crippen molar-refractivity contribution in [1.82, 2.24) is 29.5 Å². The lowest BCUT2D eigenvalue weighted by atomic mass is 9.97. The number of aromatic amines is 1. The molecule has 0 spiro atoms. The van der Waals surface area contributed by atoms with Crippen LogP contribution in [0.15, 0.2) is 72.6 Å². The van der Waals surface area contributed by atoms with Crippen molar-refractivity contribution in [3.05, 3.63) is 90.3 Å². The lowest BCUT2D eigenvalue weighted by molar-refractivity contribution is 0.930. The van der Waals surface area contributed by atoms with Crippen molar-refractivity contribution in [3.63, 3.8) is 0 Å². The molecule has 0 amide bonds. The summed E-state index contributed by atoms with van der Waals surface area (Å²) in [6, 6.07) is 10.4. The molecule has 0 fully saturated rings. The van der Waals surface area contributed by atoms with Crippen molar-refractivity contribution in [2.75, 3.05) is 6.54 Å². The van der Waals surface area contributed by atoms with Crippen LogP contribution in [0.4, 0.5) is 0 Å².